The number of rotatable bonds is 4. The van der Waals surface area contributed by atoms with Crippen LogP contribution in [-0.2, 0) is 14.8 Å². The molecule has 0 bridgehead atoms. The summed E-state index contributed by atoms with van der Waals surface area (Å²) in [5.41, 5.74) is 1.16. The quantitative estimate of drug-likeness (QED) is 0.813. The van der Waals surface area contributed by atoms with Crippen LogP contribution in [0, 0.1) is 0 Å². The van der Waals surface area contributed by atoms with E-state index in [1.54, 1.807) is 13.8 Å². The molecule has 7 heteroatoms. The van der Waals surface area contributed by atoms with Gasteiger partial charge in [0.1, 0.15) is 10.6 Å². The number of nitrogens with one attached hydrogen (secondary N) is 1. The summed E-state index contributed by atoms with van der Waals surface area (Å²) in [5, 5.41) is 7.63. The Kier molecular flexibility index (Phi) is 4.68. The third-order valence-corrected chi connectivity index (χ3v) is 3.09. The number of methoxy groups -OCH3 is 1. The molecule has 0 unspecified atom stereocenters. The first-order valence-electron chi connectivity index (χ1n) is 5.41. The number of anilines is 1. The molecule has 0 saturated heterocycles. The molecule has 0 aliphatic carbocycles. The topological polar surface area (TPSA) is 98.5 Å². The zero-order chi connectivity index (χ0) is 14.6. The second-order valence-electron chi connectivity index (χ2n) is 4.12. The summed E-state index contributed by atoms with van der Waals surface area (Å²) in [6.07, 6.45) is 1.40. The van der Waals surface area contributed by atoms with Crippen LogP contribution in [0.5, 0.6) is 5.75 Å². The van der Waals surface area contributed by atoms with Gasteiger partial charge in [0.25, 0.3) is 0 Å². The molecule has 3 N–H and O–H groups in total. The largest absolute Gasteiger partial charge is 0.495 e. The van der Waals surface area contributed by atoms with Crippen LogP contribution in [0.2, 0.25) is 0 Å². The van der Waals surface area contributed by atoms with Gasteiger partial charge in [-0.25, -0.2) is 13.6 Å². The highest BCUT2D eigenvalue weighted by Crippen LogP contribution is 2.26. The molecule has 1 amide bonds. The van der Waals surface area contributed by atoms with Gasteiger partial charge in [0, 0.05) is 11.8 Å². The fraction of sp³-hybridized carbons (Fsp3) is 0.250. The molecule has 0 radical (unpaired) electrons. The van der Waals surface area contributed by atoms with E-state index in [0.717, 1.165) is 5.57 Å². The molecule has 0 atom stereocenters. The first-order chi connectivity index (χ1) is 8.74. The first-order valence-corrected chi connectivity index (χ1v) is 6.95. The van der Waals surface area contributed by atoms with Gasteiger partial charge in [-0.05, 0) is 32.0 Å². The maximum Gasteiger partial charge on any atom is 0.248 e. The van der Waals surface area contributed by atoms with Gasteiger partial charge in [0.05, 0.1) is 7.11 Å². The van der Waals surface area contributed by atoms with Crippen LogP contribution in [0.15, 0.2) is 34.7 Å². The number of benzene rings is 1. The Bertz CT molecular complexity index is 617. The van der Waals surface area contributed by atoms with E-state index in [4.69, 9.17) is 9.88 Å². The number of hydrogen-bond donors (Lipinski definition) is 2. The zero-order valence-corrected chi connectivity index (χ0v) is 11.7. The molecule has 0 aromatic heterocycles. The maximum atomic E-state index is 11.5. The summed E-state index contributed by atoms with van der Waals surface area (Å²) in [6, 6.07) is 4.22. The van der Waals surface area contributed by atoms with Crippen molar-refractivity contribution >= 4 is 21.6 Å². The van der Waals surface area contributed by atoms with Crippen molar-refractivity contribution in [3.63, 3.8) is 0 Å². The molecule has 1 aromatic rings. The van der Waals surface area contributed by atoms with E-state index in [0.29, 0.717) is 5.69 Å². The van der Waals surface area contributed by atoms with E-state index in [1.807, 2.05) is 0 Å². The molecule has 0 heterocycles. The maximum absolute atomic E-state index is 11.5. The summed E-state index contributed by atoms with van der Waals surface area (Å²) >= 11 is 0. The number of hydrogen-bond acceptors (Lipinski definition) is 4. The fourth-order valence-electron chi connectivity index (χ4n) is 1.42. The van der Waals surface area contributed by atoms with Crippen LogP contribution >= 0.6 is 0 Å². The van der Waals surface area contributed by atoms with Crippen LogP contribution in [0.25, 0.3) is 0 Å². The minimum atomic E-state index is -3.92. The van der Waals surface area contributed by atoms with Crippen molar-refractivity contribution < 1.29 is 17.9 Å². The molecule has 19 heavy (non-hydrogen) atoms. The van der Waals surface area contributed by atoms with Crippen molar-refractivity contribution in [2.45, 2.75) is 18.7 Å². The fourth-order valence-corrected chi connectivity index (χ4v) is 2.14. The van der Waals surface area contributed by atoms with Crippen molar-refractivity contribution in [1.82, 2.24) is 0 Å². The summed E-state index contributed by atoms with van der Waals surface area (Å²) < 4.78 is 27.7. The second-order valence-corrected chi connectivity index (χ2v) is 5.65. The number of sulfonamides is 1. The number of carbonyl (C=O) groups excluding carboxylic acids is 1. The lowest BCUT2D eigenvalue weighted by Crippen LogP contribution is -2.15. The SMILES string of the molecule is COc1ccc(NC(=O)C=C(C)C)cc1S(N)(=O)=O. The number of carbonyl (C=O) groups is 1. The van der Waals surface area contributed by atoms with Gasteiger partial charge in [0.2, 0.25) is 15.9 Å². The van der Waals surface area contributed by atoms with E-state index in [1.165, 1.54) is 31.4 Å². The number of nitrogens with two attached hydrogens (primary N) is 1. The lowest BCUT2D eigenvalue weighted by molar-refractivity contribution is -0.111. The van der Waals surface area contributed by atoms with Gasteiger partial charge < -0.3 is 10.1 Å². The van der Waals surface area contributed by atoms with E-state index < -0.39 is 10.0 Å². The third kappa shape index (κ3) is 4.38. The molecule has 1 rings (SSSR count). The van der Waals surface area contributed by atoms with Crippen LogP contribution < -0.4 is 15.2 Å². The Labute approximate surface area is 112 Å². The zero-order valence-electron chi connectivity index (χ0n) is 10.9. The average molecular weight is 284 g/mol. The van der Waals surface area contributed by atoms with E-state index in [-0.39, 0.29) is 16.6 Å². The van der Waals surface area contributed by atoms with E-state index in [9.17, 15) is 13.2 Å². The molecule has 0 aliphatic heterocycles. The Morgan fingerprint density at radius 1 is 1.37 bits per heavy atom. The second kappa shape index (κ2) is 5.85. The first kappa shape index (κ1) is 15.2. The number of ether oxygens (including phenoxy) is 1. The predicted octanol–water partition coefficient (Wildman–Crippen LogP) is 1.25. The van der Waals surface area contributed by atoms with Crippen molar-refractivity contribution in [2.24, 2.45) is 5.14 Å². The van der Waals surface area contributed by atoms with Crippen molar-refractivity contribution in [1.29, 1.82) is 0 Å². The molecule has 104 valence electrons. The smallest absolute Gasteiger partial charge is 0.248 e. The summed E-state index contributed by atoms with van der Waals surface area (Å²) in [5.74, 6) is -0.215. The summed E-state index contributed by atoms with van der Waals surface area (Å²) in [4.78, 5) is 11.4. The van der Waals surface area contributed by atoms with E-state index >= 15 is 0 Å². The lowest BCUT2D eigenvalue weighted by atomic mass is 10.2. The van der Waals surface area contributed by atoms with Crippen LogP contribution in [0.4, 0.5) is 5.69 Å². The van der Waals surface area contributed by atoms with Gasteiger partial charge in [0.15, 0.2) is 0 Å². The predicted molar refractivity (Wildman–Crippen MR) is 72.4 cm³/mol. The summed E-state index contributed by atoms with van der Waals surface area (Å²) in [6.45, 7) is 3.56. The highest BCUT2D eigenvalue weighted by molar-refractivity contribution is 7.89. The molecular formula is C12H16N2O4S. The molecule has 6 nitrogen and oxygen atoms in total. The Balaban J connectivity index is 3.13. The van der Waals surface area contributed by atoms with Crippen molar-refractivity contribution in [3.05, 3.63) is 29.8 Å². The van der Waals surface area contributed by atoms with Crippen LogP contribution in [-0.4, -0.2) is 21.4 Å². The highest BCUT2D eigenvalue weighted by Gasteiger charge is 2.16. The lowest BCUT2D eigenvalue weighted by Gasteiger charge is -2.09. The molecule has 0 saturated carbocycles. The Hall–Kier alpha value is -1.86. The third-order valence-electron chi connectivity index (χ3n) is 2.16. The molecule has 1 aromatic carbocycles. The summed E-state index contributed by atoms with van der Waals surface area (Å²) in [7, 11) is -2.58. The minimum absolute atomic E-state index is 0.128. The average Bonchev–Trinajstić information content (AvgIpc) is 2.26. The number of amides is 1. The molecular weight excluding hydrogens is 268 g/mol. The minimum Gasteiger partial charge on any atom is -0.495 e. The Morgan fingerprint density at radius 3 is 2.47 bits per heavy atom. The standard InChI is InChI=1S/C12H16N2O4S/c1-8(2)6-12(15)14-9-4-5-10(18-3)11(7-9)19(13,16)17/h4-7H,1-3H3,(H,14,15)(H2,13,16,17). The molecule has 0 fully saturated rings. The van der Waals surface area contributed by atoms with Gasteiger partial charge >= 0.3 is 0 Å². The van der Waals surface area contributed by atoms with Gasteiger partial charge in [-0.1, -0.05) is 5.57 Å². The van der Waals surface area contributed by atoms with Crippen LogP contribution in [0.1, 0.15) is 13.8 Å². The molecule has 0 spiro atoms. The van der Waals surface area contributed by atoms with Gasteiger partial charge in [-0.15, -0.1) is 0 Å². The number of allylic oxidation sites excluding steroid dienone is 1. The highest BCUT2D eigenvalue weighted by atomic mass is 32.2. The van der Waals surface area contributed by atoms with Crippen molar-refractivity contribution in [3.8, 4) is 5.75 Å². The normalized spacial score (nSPS) is 10.7. The van der Waals surface area contributed by atoms with E-state index in [2.05, 4.69) is 5.32 Å². The monoisotopic (exact) mass is 284 g/mol. The van der Waals surface area contributed by atoms with Crippen molar-refractivity contribution in [2.75, 3.05) is 12.4 Å². The molecule has 0 aliphatic rings. The Morgan fingerprint density at radius 2 is 2.00 bits per heavy atom. The number of primary sulfonamides is 1. The van der Waals surface area contributed by atoms with Gasteiger partial charge in [-0.3, -0.25) is 4.79 Å². The van der Waals surface area contributed by atoms with Crippen LogP contribution in [0.3, 0.4) is 0 Å². The van der Waals surface area contributed by atoms with Gasteiger partial charge in [-0.2, -0.15) is 0 Å².